The maximum atomic E-state index is 11.2. The lowest BCUT2D eigenvalue weighted by Gasteiger charge is -2.10. The van der Waals surface area contributed by atoms with Gasteiger partial charge in [0.25, 0.3) is 0 Å². The molecule has 0 saturated carbocycles. The lowest BCUT2D eigenvalue weighted by Crippen LogP contribution is -2.02. The number of ketones is 1. The Morgan fingerprint density at radius 3 is 2.75 bits per heavy atom. The van der Waals surface area contributed by atoms with Crippen molar-refractivity contribution in [2.45, 2.75) is 13.5 Å². The molecule has 1 aromatic heterocycles. The Hall–Kier alpha value is -2.08. The predicted molar refractivity (Wildman–Crippen MR) is 79.0 cm³/mol. The van der Waals surface area contributed by atoms with Gasteiger partial charge in [0.1, 0.15) is 17.2 Å². The molecule has 0 unspecified atom stereocenters. The summed E-state index contributed by atoms with van der Waals surface area (Å²) in [6.45, 7) is 2.07. The van der Waals surface area contributed by atoms with Crippen molar-refractivity contribution < 1.29 is 14.3 Å². The summed E-state index contributed by atoms with van der Waals surface area (Å²) in [6, 6.07) is 5.65. The summed E-state index contributed by atoms with van der Waals surface area (Å²) < 4.78 is 10.5. The summed E-state index contributed by atoms with van der Waals surface area (Å²) in [6.07, 6.45) is 0. The molecule has 2 aromatic rings. The third-order valence-corrected chi connectivity index (χ3v) is 3.59. The van der Waals surface area contributed by atoms with Gasteiger partial charge in [-0.05, 0) is 12.1 Å². The Kier molecular flexibility index (Phi) is 4.57. The van der Waals surface area contributed by atoms with Gasteiger partial charge in [-0.3, -0.25) is 4.79 Å². The first-order valence-electron chi connectivity index (χ1n) is 6.05. The van der Waals surface area contributed by atoms with Crippen LogP contribution in [0.5, 0.6) is 11.5 Å². The van der Waals surface area contributed by atoms with Gasteiger partial charge in [0, 0.05) is 30.5 Å². The molecule has 0 aliphatic heterocycles. The molecule has 5 nitrogen and oxygen atoms in total. The molecule has 6 heteroatoms. The molecule has 1 N–H and O–H groups in total. The van der Waals surface area contributed by atoms with Crippen LogP contribution >= 0.6 is 11.3 Å². The lowest BCUT2D eigenvalue weighted by molar-refractivity contribution is 0.101. The van der Waals surface area contributed by atoms with E-state index >= 15 is 0 Å². The van der Waals surface area contributed by atoms with Crippen molar-refractivity contribution >= 4 is 22.3 Å². The zero-order valence-electron chi connectivity index (χ0n) is 11.6. The fourth-order valence-electron chi connectivity index (χ4n) is 1.69. The fourth-order valence-corrected chi connectivity index (χ4v) is 2.43. The van der Waals surface area contributed by atoms with Gasteiger partial charge in [-0.1, -0.05) is 0 Å². The number of methoxy groups -OCH3 is 2. The summed E-state index contributed by atoms with van der Waals surface area (Å²) in [7, 11) is 3.24. The molecule has 0 fully saturated rings. The normalized spacial score (nSPS) is 10.2. The minimum absolute atomic E-state index is 0.0312. The van der Waals surface area contributed by atoms with Crippen molar-refractivity contribution in [2.75, 3.05) is 19.5 Å². The van der Waals surface area contributed by atoms with Crippen LogP contribution in [0.4, 0.5) is 5.13 Å². The number of thiazole rings is 1. The van der Waals surface area contributed by atoms with E-state index in [0.29, 0.717) is 17.4 Å². The van der Waals surface area contributed by atoms with E-state index in [2.05, 4.69) is 10.3 Å². The van der Waals surface area contributed by atoms with Crippen molar-refractivity contribution in [3.63, 3.8) is 0 Å². The third-order valence-electron chi connectivity index (χ3n) is 2.79. The Balaban J connectivity index is 2.07. The van der Waals surface area contributed by atoms with Gasteiger partial charge in [-0.2, -0.15) is 0 Å². The molecule has 106 valence electrons. The van der Waals surface area contributed by atoms with Crippen LogP contribution in [0.1, 0.15) is 23.0 Å². The van der Waals surface area contributed by atoms with E-state index in [-0.39, 0.29) is 5.78 Å². The molecule has 0 spiro atoms. The average molecular weight is 292 g/mol. The number of anilines is 1. The van der Waals surface area contributed by atoms with E-state index in [4.69, 9.17) is 9.47 Å². The summed E-state index contributed by atoms with van der Waals surface area (Å²) in [5.74, 6) is 1.47. The quantitative estimate of drug-likeness (QED) is 0.829. The monoisotopic (exact) mass is 292 g/mol. The summed E-state index contributed by atoms with van der Waals surface area (Å²) in [4.78, 5) is 15.4. The van der Waals surface area contributed by atoms with Crippen molar-refractivity contribution in [1.82, 2.24) is 4.98 Å². The van der Waals surface area contributed by atoms with Crippen LogP contribution in [0.15, 0.2) is 23.6 Å². The Bertz CT molecular complexity index is 610. The van der Waals surface area contributed by atoms with Gasteiger partial charge in [0.15, 0.2) is 10.9 Å². The molecule has 0 aliphatic rings. The van der Waals surface area contributed by atoms with Gasteiger partial charge < -0.3 is 14.8 Å². The zero-order valence-corrected chi connectivity index (χ0v) is 12.4. The Morgan fingerprint density at radius 1 is 1.35 bits per heavy atom. The van der Waals surface area contributed by atoms with E-state index in [0.717, 1.165) is 17.1 Å². The third kappa shape index (κ3) is 3.27. The number of nitrogens with one attached hydrogen (secondary N) is 1. The summed E-state index contributed by atoms with van der Waals surface area (Å²) in [5, 5.41) is 5.64. The minimum atomic E-state index is -0.0312. The maximum absolute atomic E-state index is 11.2. The highest BCUT2D eigenvalue weighted by Gasteiger charge is 2.08. The number of rotatable bonds is 6. The van der Waals surface area contributed by atoms with Crippen LogP contribution in [0.2, 0.25) is 0 Å². The van der Waals surface area contributed by atoms with Gasteiger partial charge in [-0.25, -0.2) is 4.98 Å². The molecular formula is C14H16N2O3S. The van der Waals surface area contributed by atoms with E-state index in [1.165, 1.54) is 18.3 Å². The predicted octanol–water partition coefficient (Wildman–Crippen LogP) is 2.98. The topological polar surface area (TPSA) is 60.5 Å². The molecule has 0 radical (unpaired) electrons. The zero-order chi connectivity index (χ0) is 14.5. The SMILES string of the molecule is COc1ccc(CNc2nc(C(C)=O)cs2)c(OC)c1. The first kappa shape index (κ1) is 14.3. The number of hydrogen-bond acceptors (Lipinski definition) is 6. The number of carbonyl (C=O) groups excluding carboxylic acids is 1. The molecule has 0 bridgehead atoms. The number of nitrogens with zero attached hydrogens (tertiary/aromatic N) is 1. The average Bonchev–Trinajstić information content (AvgIpc) is 2.94. The number of ether oxygens (including phenoxy) is 2. The van der Waals surface area contributed by atoms with Crippen LogP contribution in [0.3, 0.4) is 0 Å². The smallest absolute Gasteiger partial charge is 0.183 e. The summed E-state index contributed by atoms with van der Waals surface area (Å²) >= 11 is 1.41. The van der Waals surface area contributed by atoms with E-state index in [9.17, 15) is 4.79 Å². The van der Waals surface area contributed by atoms with Gasteiger partial charge in [0.2, 0.25) is 0 Å². The Labute approximate surface area is 121 Å². The van der Waals surface area contributed by atoms with Crippen LogP contribution in [0, 0.1) is 0 Å². The summed E-state index contributed by atoms with van der Waals surface area (Å²) in [5.41, 5.74) is 1.48. The van der Waals surface area contributed by atoms with Crippen molar-refractivity contribution in [1.29, 1.82) is 0 Å². The first-order valence-corrected chi connectivity index (χ1v) is 6.93. The highest BCUT2D eigenvalue weighted by Crippen LogP contribution is 2.26. The van der Waals surface area contributed by atoms with E-state index in [1.54, 1.807) is 19.6 Å². The highest BCUT2D eigenvalue weighted by molar-refractivity contribution is 7.13. The minimum Gasteiger partial charge on any atom is -0.497 e. The second-order valence-electron chi connectivity index (χ2n) is 4.13. The molecule has 0 saturated heterocycles. The fraction of sp³-hybridized carbons (Fsp3) is 0.286. The first-order chi connectivity index (χ1) is 9.63. The molecule has 0 atom stereocenters. The lowest BCUT2D eigenvalue weighted by atomic mass is 10.2. The van der Waals surface area contributed by atoms with Crippen LogP contribution in [0.25, 0.3) is 0 Å². The molecule has 0 aliphatic carbocycles. The molecule has 20 heavy (non-hydrogen) atoms. The standard InChI is InChI=1S/C14H16N2O3S/c1-9(17)12-8-20-14(16-12)15-7-10-4-5-11(18-2)6-13(10)19-3/h4-6,8H,7H2,1-3H3,(H,15,16). The van der Waals surface area contributed by atoms with E-state index in [1.807, 2.05) is 18.2 Å². The van der Waals surface area contributed by atoms with E-state index < -0.39 is 0 Å². The molecule has 1 aromatic carbocycles. The number of hydrogen-bond donors (Lipinski definition) is 1. The molecule has 2 rings (SSSR count). The second-order valence-corrected chi connectivity index (χ2v) is 4.98. The largest absolute Gasteiger partial charge is 0.497 e. The molecule has 0 amide bonds. The van der Waals surface area contributed by atoms with Crippen LogP contribution in [-0.4, -0.2) is 25.0 Å². The van der Waals surface area contributed by atoms with Crippen molar-refractivity contribution in [3.05, 3.63) is 34.8 Å². The number of aromatic nitrogens is 1. The Morgan fingerprint density at radius 2 is 2.15 bits per heavy atom. The maximum Gasteiger partial charge on any atom is 0.183 e. The van der Waals surface area contributed by atoms with Gasteiger partial charge in [-0.15, -0.1) is 11.3 Å². The number of Topliss-reactive ketones (excluding diaryl/α,β-unsaturated/α-hetero) is 1. The van der Waals surface area contributed by atoms with Crippen molar-refractivity contribution in [3.8, 4) is 11.5 Å². The highest BCUT2D eigenvalue weighted by atomic mass is 32.1. The number of carbonyl (C=O) groups is 1. The van der Waals surface area contributed by atoms with Crippen molar-refractivity contribution in [2.24, 2.45) is 0 Å². The van der Waals surface area contributed by atoms with Crippen LogP contribution < -0.4 is 14.8 Å². The van der Waals surface area contributed by atoms with Crippen LogP contribution in [-0.2, 0) is 6.54 Å². The second kappa shape index (κ2) is 6.38. The number of benzene rings is 1. The molecular weight excluding hydrogens is 276 g/mol. The van der Waals surface area contributed by atoms with Gasteiger partial charge >= 0.3 is 0 Å². The van der Waals surface area contributed by atoms with Gasteiger partial charge in [0.05, 0.1) is 14.2 Å². The molecule has 1 heterocycles.